The molecule has 2 heterocycles. The van der Waals surface area contributed by atoms with Crippen LogP contribution in [-0.4, -0.2) is 49.2 Å². The molecule has 0 amide bonds. The predicted molar refractivity (Wildman–Crippen MR) is 101 cm³/mol. The standard InChI is InChI=1S/C19H22F3N3O2S/c1-24(2)28(26,27)25-11-5-7-15(13-25)18-10-4-9-17(23-18)14-6-3-8-16(12-14)19(20,21)22/h3-4,6,8-10,12,15H,5,7,11,13H2,1-2H3/t15-/m1/s1. The molecule has 0 N–H and O–H groups in total. The first-order chi connectivity index (χ1) is 13.1. The lowest BCUT2D eigenvalue weighted by atomic mass is 9.95. The number of halogens is 3. The van der Waals surface area contributed by atoms with Gasteiger partial charge in [-0.3, -0.25) is 4.98 Å². The van der Waals surface area contributed by atoms with Gasteiger partial charge in [-0.05, 0) is 37.1 Å². The summed E-state index contributed by atoms with van der Waals surface area (Å²) in [6, 6.07) is 10.3. The lowest BCUT2D eigenvalue weighted by molar-refractivity contribution is -0.137. The van der Waals surface area contributed by atoms with Gasteiger partial charge in [-0.15, -0.1) is 0 Å². The van der Waals surface area contributed by atoms with E-state index in [1.165, 1.54) is 28.8 Å². The van der Waals surface area contributed by atoms with Gasteiger partial charge in [-0.25, -0.2) is 0 Å². The van der Waals surface area contributed by atoms with Crippen molar-refractivity contribution in [3.63, 3.8) is 0 Å². The molecule has 3 rings (SSSR count). The minimum atomic E-state index is -4.42. The molecule has 1 aromatic carbocycles. The third-order valence-electron chi connectivity index (χ3n) is 4.85. The average Bonchev–Trinajstić information content (AvgIpc) is 2.67. The average molecular weight is 413 g/mol. The fraction of sp³-hybridized carbons (Fsp3) is 0.421. The molecule has 1 atom stereocenters. The van der Waals surface area contributed by atoms with Gasteiger partial charge >= 0.3 is 6.18 Å². The molecule has 0 spiro atoms. The number of benzene rings is 1. The van der Waals surface area contributed by atoms with Gasteiger partial charge < -0.3 is 0 Å². The molecule has 0 aliphatic carbocycles. The molecule has 9 heteroatoms. The third kappa shape index (κ3) is 4.37. The molecular formula is C19H22F3N3O2S. The zero-order valence-corrected chi connectivity index (χ0v) is 16.5. The summed E-state index contributed by atoms with van der Waals surface area (Å²) in [4.78, 5) is 4.55. The fourth-order valence-corrected chi connectivity index (χ4v) is 4.51. The van der Waals surface area contributed by atoms with Crippen LogP contribution in [0.4, 0.5) is 13.2 Å². The van der Waals surface area contributed by atoms with Crippen LogP contribution in [0.1, 0.15) is 30.0 Å². The van der Waals surface area contributed by atoms with Crippen LogP contribution in [0.2, 0.25) is 0 Å². The molecule has 1 aromatic heterocycles. The summed E-state index contributed by atoms with van der Waals surface area (Å²) in [7, 11) is -0.528. The molecule has 1 aliphatic heterocycles. The zero-order valence-electron chi connectivity index (χ0n) is 15.6. The monoisotopic (exact) mass is 413 g/mol. The smallest absolute Gasteiger partial charge is 0.252 e. The number of hydrogen-bond donors (Lipinski definition) is 0. The van der Waals surface area contributed by atoms with Gasteiger partial charge in [-0.1, -0.05) is 18.2 Å². The normalized spacial score (nSPS) is 19.1. The molecule has 1 fully saturated rings. The Labute approximate surface area is 163 Å². The summed E-state index contributed by atoms with van der Waals surface area (Å²) in [6.07, 6.45) is -2.94. The van der Waals surface area contributed by atoms with Crippen LogP contribution in [0.5, 0.6) is 0 Å². The van der Waals surface area contributed by atoms with E-state index >= 15 is 0 Å². The van der Waals surface area contributed by atoms with Crippen molar-refractivity contribution in [2.75, 3.05) is 27.2 Å². The summed E-state index contributed by atoms with van der Waals surface area (Å²) in [5.74, 6) is -0.103. The molecule has 0 unspecified atom stereocenters. The highest BCUT2D eigenvalue weighted by molar-refractivity contribution is 7.86. The Morgan fingerprint density at radius 3 is 2.54 bits per heavy atom. The molecule has 2 aromatic rings. The third-order valence-corrected chi connectivity index (χ3v) is 6.75. The second-order valence-electron chi connectivity index (χ2n) is 7.01. The number of alkyl halides is 3. The first kappa shape index (κ1) is 20.8. The van der Waals surface area contributed by atoms with Crippen molar-refractivity contribution >= 4 is 10.2 Å². The van der Waals surface area contributed by atoms with Crippen molar-refractivity contribution in [3.8, 4) is 11.3 Å². The van der Waals surface area contributed by atoms with E-state index in [1.807, 2.05) is 0 Å². The van der Waals surface area contributed by atoms with Crippen LogP contribution in [0.3, 0.4) is 0 Å². The number of aromatic nitrogens is 1. The fourth-order valence-electron chi connectivity index (χ4n) is 3.32. The van der Waals surface area contributed by atoms with Crippen molar-refractivity contribution in [2.24, 2.45) is 0 Å². The maximum absolute atomic E-state index is 13.0. The Balaban J connectivity index is 1.88. The van der Waals surface area contributed by atoms with E-state index in [-0.39, 0.29) is 5.92 Å². The van der Waals surface area contributed by atoms with Crippen LogP contribution >= 0.6 is 0 Å². The highest BCUT2D eigenvalue weighted by Crippen LogP contribution is 2.33. The molecule has 0 radical (unpaired) electrons. The Hall–Kier alpha value is -1.97. The number of piperidine rings is 1. The summed E-state index contributed by atoms with van der Waals surface area (Å²) < 4.78 is 66.4. The first-order valence-corrected chi connectivity index (χ1v) is 10.3. The molecule has 0 bridgehead atoms. The SMILES string of the molecule is CN(C)S(=O)(=O)N1CCC[C@@H](c2cccc(-c3cccc(C(F)(F)F)c3)n2)C1. The van der Waals surface area contributed by atoms with Crippen LogP contribution in [0, 0.1) is 0 Å². The van der Waals surface area contributed by atoms with Gasteiger partial charge in [0.2, 0.25) is 0 Å². The lowest BCUT2D eigenvalue weighted by Crippen LogP contribution is -2.45. The van der Waals surface area contributed by atoms with Gasteiger partial charge in [0.25, 0.3) is 10.2 Å². The second-order valence-corrected chi connectivity index (χ2v) is 9.16. The summed E-state index contributed by atoms with van der Waals surface area (Å²) in [6.45, 7) is 0.754. The Bertz CT molecular complexity index is 945. The van der Waals surface area contributed by atoms with Crippen LogP contribution < -0.4 is 0 Å². The van der Waals surface area contributed by atoms with Gasteiger partial charge in [0, 0.05) is 44.4 Å². The van der Waals surface area contributed by atoms with Gasteiger partial charge in [0.1, 0.15) is 0 Å². The molecule has 28 heavy (non-hydrogen) atoms. The maximum atomic E-state index is 13.0. The van der Waals surface area contributed by atoms with E-state index in [9.17, 15) is 21.6 Å². The van der Waals surface area contributed by atoms with Gasteiger partial charge in [-0.2, -0.15) is 30.2 Å². The summed E-state index contributed by atoms with van der Waals surface area (Å²) in [5.41, 5.74) is 0.785. The van der Waals surface area contributed by atoms with Crippen LogP contribution in [0.25, 0.3) is 11.3 Å². The van der Waals surface area contributed by atoms with Crippen molar-refractivity contribution < 1.29 is 21.6 Å². The number of pyridine rings is 1. The number of nitrogens with zero attached hydrogens (tertiary/aromatic N) is 3. The Kier molecular flexibility index (Phi) is 5.79. The van der Waals surface area contributed by atoms with Gasteiger partial charge in [0.05, 0.1) is 11.3 Å². The van der Waals surface area contributed by atoms with Crippen molar-refractivity contribution in [3.05, 3.63) is 53.7 Å². The van der Waals surface area contributed by atoms with Crippen LogP contribution in [-0.2, 0) is 16.4 Å². The minimum absolute atomic E-state index is 0.103. The van der Waals surface area contributed by atoms with Gasteiger partial charge in [0.15, 0.2) is 0 Å². The maximum Gasteiger partial charge on any atom is 0.416 e. The predicted octanol–water partition coefficient (Wildman–Crippen LogP) is 3.75. The molecular weight excluding hydrogens is 391 g/mol. The quantitative estimate of drug-likeness (QED) is 0.767. The topological polar surface area (TPSA) is 53.5 Å². The van der Waals surface area contributed by atoms with E-state index in [0.717, 1.165) is 18.6 Å². The van der Waals surface area contributed by atoms with E-state index < -0.39 is 21.9 Å². The van der Waals surface area contributed by atoms with E-state index in [0.29, 0.717) is 36.5 Å². The Morgan fingerprint density at radius 1 is 1.14 bits per heavy atom. The highest BCUT2D eigenvalue weighted by atomic mass is 32.2. The summed E-state index contributed by atoms with van der Waals surface area (Å²) >= 11 is 0. The molecule has 1 saturated heterocycles. The van der Waals surface area contributed by atoms with Crippen molar-refractivity contribution in [2.45, 2.75) is 24.9 Å². The molecule has 0 saturated carbocycles. The van der Waals surface area contributed by atoms with E-state index in [4.69, 9.17) is 0 Å². The number of hydrogen-bond acceptors (Lipinski definition) is 3. The largest absolute Gasteiger partial charge is 0.416 e. The number of rotatable bonds is 4. The molecule has 152 valence electrons. The van der Waals surface area contributed by atoms with Crippen LogP contribution in [0.15, 0.2) is 42.5 Å². The lowest BCUT2D eigenvalue weighted by Gasteiger charge is -2.33. The zero-order chi connectivity index (χ0) is 20.5. The Morgan fingerprint density at radius 2 is 1.86 bits per heavy atom. The minimum Gasteiger partial charge on any atom is -0.252 e. The molecule has 1 aliphatic rings. The second kappa shape index (κ2) is 7.81. The highest BCUT2D eigenvalue weighted by Gasteiger charge is 2.32. The van der Waals surface area contributed by atoms with Crippen molar-refractivity contribution in [1.29, 1.82) is 0 Å². The summed E-state index contributed by atoms with van der Waals surface area (Å²) in [5, 5.41) is 0. The van der Waals surface area contributed by atoms with E-state index in [1.54, 1.807) is 24.3 Å². The van der Waals surface area contributed by atoms with E-state index in [2.05, 4.69) is 4.98 Å². The first-order valence-electron chi connectivity index (χ1n) is 8.91. The van der Waals surface area contributed by atoms with Crippen molar-refractivity contribution in [1.82, 2.24) is 13.6 Å². The molecule has 5 nitrogen and oxygen atoms in total.